The molecule has 0 bridgehead atoms. The van der Waals surface area contributed by atoms with Crippen molar-refractivity contribution < 1.29 is 4.74 Å². The van der Waals surface area contributed by atoms with E-state index in [1.54, 1.807) is 0 Å². The van der Waals surface area contributed by atoms with Gasteiger partial charge in [-0.2, -0.15) is 4.98 Å². The van der Waals surface area contributed by atoms with Crippen LogP contribution in [-0.4, -0.2) is 24.2 Å². The van der Waals surface area contributed by atoms with E-state index in [1.165, 1.54) is 38.5 Å². The van der Waals surface area contributed by atoms with E-state index in [9.17, 15) is 0 Å². The first-order valence-corrected chi connectivity index (χ1v) is 7.94. The van der Waals surface area contributed by atoms with Crippen molar-refractivity contribution in [2.75, 3.05) is 23.8 Å². The summed E-state index contributed by atoms with van der Waals surface area (Å²) in [4.78, 5) is 7.10. The third-order valence-corrected chi connectivity index (χ3v) is 4.42. The summed E-state index contributed by atoms with van der Waals surface area (Å²) in [6, 6.07) is 4.58. The number of piperidine rings is 1. The number of nitrogens with two attached hydrogens (primary N) is 1. The van der Waals surface area contributed by atoms with Gasteiger partial charge in [0.2, 0.25) is 5.88 Å². The number of aromatic nitrogens is 1. The molecule has 1 aromatic rings. The van der Waals surface area contributed by atoms with Crippen molar-refractivity contribution in [3.63, 3.8) is 0 Å². The Bertz CT molecular complexity index is 459. The zero-order chi connectivity index (χ0) is 13.9. The topological polar surface area (TPSA) is 51.4 Å². The maximum absolute atomic E-state index is 5.99. The molecular weight excluding hydrogens is 250 g/mol. The number of nitrogen functional groups attached to an aromatic ring is 1. The second-order valence-electron chi connectivity index (χ2n) is 6.07. The van der Waals surface area contributed by atoms with Crippen molar-refractivity contribution in [2.24, 2.45) is 5.92 Å². The first kappa shape index (κ1) is 13.5. The van der Waals surface area contributed by atoms with Crippen molar-refractivity contribution in [1.82, 2.24) is 4.98 Å². The van der Waals surface area contributed by atoms with Crippen LogP contribution in [0.5, 0.6) is 5.88 Å². The molecule has 4 heteroatoms. The predicted octanol–water partition coefficient (Wildman–Crippen LogP) is 3.22. The number of pyridine rings is 1. The average molecular weight is 275 g/mol. The maximum Gasteiger partial charge on any atom is 0.239 e. The van der Waals surface area contributed by atoms with Crippen molar-refractivity contribution in [2.45, 2.75) is 51.5 Å². The monoisotopic (exact) mass is 275 g/mol. The molecule has 0 spiro atoms. The highest BCUT2D eigenvalue weighted by molar-refractivity contribution is 5.55. The van der Waals surface area contributed by atoms with E-state index in [2.05, 4.69) is 16.8 Å². The first-order valence-electron chi connectivity index (χ1n) is 7.94. The van der Waals surface area contributed by atoms with Gasteiger partial charge in [-0.3, -0.25) is 0 Å². The fourth-order valence-electron chi connectivity index (χ4n) is 2.92. The van der Waals surface area contributed by atoms with Crippen molar-refractivity contribution in [1.29, 1.82) is 0 Å². The lowest BCUT2D eigenvalue weighted by molar-refractivity contribution is 0.290. The number of rotatable bonds is 5. The van der Waals surface area contributed by atoms with Crippen LogP contribution in [0.3, 0.4) is 0 Å². The summed E-state index contributed by atoms with van der Waals surface area (Å²) in [5, 5.41) is 0. The summed E-state index contributed by atoms with van der Waals surface area (Å²) in [6.07, 6.45) is 7.58. The summed E-state index contributed by atoms with van der Waals surface area (Å²) >= 11 is 0. The quantitative estimate of drug-likeness (QED) is 0.896. The molecule has 4 nitrogen and oxygen atoms in total. The third kappa shape index (κ3) is 3.00. The summed E-state index contributed by atoms with van der Waals surface area (Å²) in [6.45, 7) is 4.11. The Kier molecular flexibility index (Phi) is 3.99. The zero-order valence-corrected chi connectivity index (χ0v) is 12.3. The minimum atomic E-state index is 0.608. The van der Waals surface area contributed by atoms with E-state index in [0.717, 1.165) is 24.9 Å². The van der Waals surface area contributed by atoms with Gasteiger partial charge in [-0.15, -0.1) is 0 Å². The lowest BCUT2D eigenvalue weighted by Gasteiger charge is -2.36. The summed E-state index contributed by atoms with van der Waals surface area (Å²) in [7, 11) is 0. The smallest absolute Gasteiger partial charge is 0.239 e. The highest BCUT2D eigenvalue weighted by Gasteiger charge is 2.24. The molecule has 0 radical (unpaired) electrons. The highest BCUT2D eigenvalue weighted by atomic mass is 16.5. The van der Waals surface area contributed by atoms with Crippen LogP contribution in [0.4, 0.5) is 11.5 Å². The van der Waals surface area contributed by atoms with Crippen LogP contribution in [-0.2, 0) is 0 Å². The van der Waals surface area contributed by atoms with Crippen LogP contribution in [0.25, 0.3) is 0 Å². The minimum absolute atomic E-state index is 0.608. The summed E-state index contributed by atoms with van der Waals surface area (Å²) < 4.78 is 5.80. The first-order chi connectivity index (χ1) is 9.78. The molecule has 110 valence electrons. The molecule has 2 fully saturated rings. The number of ether oxygens (including phenoxy) is 1. The lowest BCUT2D eigenvalue weighted by Crippen LogP contribution is -2.39. The molecular formula is C16H25N3O. The van der Waals surface area contributed by atoms with Gasteiger partial charge in [-0.1, -0.05) is 6.92 Å². The molecule has 1 aliphatic carbocycles. The predicted molar refractivity (Wildman–Crippen MR) is 82.1 cm³/mol. The Hall–Kier alpha value is -1.45. The van der Waals surface area contributed by atoms with E-state index in [1.807, 2.05) is 12.1 Å². The molecule has 1 aliphatic heterocycles. The van der Waals surface area contributed by atoms with Crippen LogP contribution in [0, 0.1) is 5.92 Å². The molecule has 3 rings (SSSR count). The molecule has 0 aromatic carbocycles. The maximum atomic E-state index is 5.99. The Morgan fingerprint density at radius 1 is 1.30 bits per heavy atom. The Balaban J connectivity index is 1.75. The van der Waals surface area contributed by atoms with E-state index < -0.39 is 0 Å². The molecule has 2 N–H and O–H groups in total. The minimum Gasteiger partial charge on any atom is -0.476 e. The van der Waals surface area contributed by atoms with Crippen LogP contribution < -0.4 is 15.4 Å². The number of hydrogen-bond acceptors (Lipinski definition) is 4. The Morgan fingerprint density at radius 2 is 2.15 bits per heavy atom. The SMILES string of the molecule is CCC1CCCCN1c1ccc(N)c(OCC2CC2)n1. The van der Waals surface area contributed by atoms with Gasteiger partial charge in [0.25, 0.3) is 0 Å². The molecule has 20 heavy (non-hydrogen) atoms. The Morgan fingerprint density at radius 3 is 2.90 bits per heavy atom. The molecule has 1 saturated carbocycles. The molecule has 1 atom stereocenters. The van der Waals surface area contributed by atoms with Gasteiger partial charge in [-0.05, 0) is 56.6 Å². The second-order valence-corrected chi connectivity index (χ2v) is 6.07. The van der Waals surface area contributed by atoms with Crippen molar-refractivity contribution >= 4 is 11.5 Å². The van der Waals surface area contributed by atoms with Gasteiger partial charge in [0.05, 0.1) is 12.3 Å². The average Bonchev–Trinajstić information content (AvgIpc) is 3.30. The fraction of sp³-hybridized carbons (Fsp3) is 0.688. The molecule has 1 unspecified atom stereocenters. The number of anilines is 2. The number of nitrogens with zero attached hydrogens (tertiary/aromatic N) is 2. The van der Waals surface area contributed by atoms with Crippen molar-refractivity contribution in [3.8, 4) is 5.88 Å². The molecule has 0 amide bonds. The molecule has 2 heterocycles. The molecule has 1 saturated heterocycles. The van der Waals surface area contributed by atoms with Crippen LogP contribution in [0.1, 0.15) is 45.4 Å². The normalized spacial score (nSPS) is 22.9. The Labute approximate surface area is 121 Å². The van der Waals surface area contributed by atoms with Gasteiger partial charge in [0.15, 0.2) is 0 Å². The number of hydrogen-bond donors (Lipinski definition) is 1. The van der Waals surface area contributed by atoms with E-state index in [0.29, 0.717) is 17.6 Å². The zero-order valence-electron chi connectivity index (χ0n) is 12.3. The fourth-order valence-corrected chi connectivity index (χ4v) is 2.92. The van der Waals surface area contributed by atoms with Crippen LogP contribution >= 0.6 is 0 Å². The van der Waals surface area contributed by atoms with Crippen LogP contribution in [0.15, 0.2) is 12.1 Å². The van der Waals surface area contributed by atoms with Crippen molar-refractivity contribution in [3.05, 3.63) is 12.1 Å². The van der Waals surface area contributed by atoms with E-state index in [4.69, 9.17) is 10.5 Å². The van der Waals surface area contributed by atoms with Gasteiger partial charge >= 0.3 is 0 Å². The van der Waals surface area contributed by atoms with E-state index >= 15 is 0 Å². The second kappa shape index (κ2) is 5.90. The molecule has 1 aromatic heterocycles. The van der Waals surface area contributed by atoms with E-state index in [-0.39, 0.29) is 0 Å². The highest BCUT2D eigenvalue weighted by Crippen LogP contribution is 2.32. The lowest BCUT2D eigenvalue weighted by atomic mass is 10.00. The van der Waals surface area contributed by atoms with Gasteiger partial charge < -0.3 is 15.4 Å². The summed E-state index contributed by atoms with van der Waals surface area (Å²) in [5.41, 5.74) is 6.64. The van der Waals surface area contributed by atoms with Crippen LogP contribution in [0.2, 0.25) is 0 Å². The molecule has 2 aliphatic rings. The van der Waals surface area contributed by atoms with Gasteiger partial charge in [0, 0.05) is 12.6 Å². The summed E-state index contributed by atoms with van der Waals surface area (Å²) in [5.74, 6) is 2.37. The van der Waals surface area contributed by atoms with Gasteiger partial charge in [-0.25, -0.2) is 0 Å². The standard InChI is InChI=1S/C16H25N3O/c1-2-13-5-3-4-10-19(13)15-9-8-14(17)16(18-15)20-11-12-6-7-12/h8-9,12-13H,2-7,10-11,17H2,1H3. The van der Waals surface area contributed by atoms with Gasteiger partial charge in [0.1, 0.15) is 5.82 Å². The largest absolute Gasteiger partial charge is 0.476 e. The third-order valence-electron chi connectivity index (χ3n) is 4.42.